The fourth-order valence-electron chi connectivity index (χ4n) is 3.79. The van der Waals surface area contributed by atoms with Crippen LogP contribution in [-0.2, 0) is 6.42 Å². The van der Waals surface area contributed by atoms with Crippen molar-refractivity contribution >= 4 is 11.6 Å². The highest BCUT2D eigenvalue weighted by Crippen LogP contribution is 2.69. The van der Waals surface area contributed by atoms with E-state index < -0.39 is 0 Å². The summed E-state index contributed by atoms with van der Waals surface area (Å²) in [6.45, 7) is 12.9. The molecule has 0 aliphatic heterocycles. The minimum atomic E-state index is 0.402. The molecule has 1 N–H and O–H groups in total. The highest BCUT2D eigenvalue weighted by Gasteiger charge is 2.66. The molecule has 1 saturated carbocycles. The molecule has 0 amide bonds. The summed E-state index contributed by atoms with van der Waals surface area (Å²) < 4.78 is 0. The van der Waals surface area contributed by atoms with Gasteiger partial charge in [0.1, 0.15) is 0 Å². The first-order valence-electron chi connectivity index (χ1n) is 7.79. The Morgan fingerprint density at radius 3 is 2.25 bits per heavy atom. The SMILES string of the molecule is CCCNC(Cc1ccccc1Cl)C1C(C)(C)C1(C)C. The van der Waals surface area contributed by atoms with E-state index in [2.05, 4.69) is 52.1 Å². The van der Waals surface area contributed by atoms with Crippen molar-refractivity contribution in [2.24, 2.45) is 16.7 Å². The topological polar surface area (TPSA) is 12.0 Å². The van der Waals surface area contributed by atoms with Crippen LogP contribution >= 0.6 is 11.6 Å². The number of rotatable bonds is 6. The third-order valence-corrected chi connectivity index (χ3v) is 5.96. The number of benzene rings is 1. The zero-order valence-corrected chi connectivity index (χ0v) is 14.2. The van der Waals surface area contributed by atoms with Gasteiger partial charge < -0.3 is 5.32 Å². The zero-order valence-electron chi connectivity index (χ0n) is 13.5. The lowest BCUT2D eigenvalue weighted by Gasteiger charge is -2.21. The largest absolute Gasteiger partial charge is 0.313 e. The van der Waals surface area contributed by atoms with Gasteiger partial charge in [-0.25, -0.2) is 0 Å². The average molecular weight is 294 g/mol. The minimum Gasteiger partial charge on any atom is -0.313 e. The molecule has 2 heteroatoms. The van der Waals surface area contributed by atoms with Crippen molar-refractivity contribution in [3.8, 4) is 0 Å². The molecule has 0 spiro atoms. The molecule has 0 saturated heterocycles. The van der Waals surface area contributed by atoms with Crippen molar-refractivity contribution in [3.63, 3.8) is 0 Å². The standard InChI is InChI=1S/C18H28ClN/c1-6-11-20-15(16-17(2,3)18(16,4)5)12-13-9-7-8-10-14(13)19/h7-10,15-16,20H,6,11-12H2,1-5H3. The van der Waals surface area contributed by atoms with Gasteiger partial charge in [0, 0.05) is 11.1 Å². The van der Waals surface area contributed by atoms with E-state index in [4.69, 9.17) is 11.6 Å². The van der Waals surface area contributed by atoms with Crippen molar-refractivity contribution in [2.45, 2.75) is 53.5 Å². The van der Waals surface area contributed by atoms with Crippen molar-refractivity contribution in [1.82, 2.24) is 5.32 Å². The second-order valence-electron chi connectivity index (χ2n) is 7.28. The molecule has 1 fully saturated rings. The monoisotopic (exact) mass is 293 g/mol. The Balaban J connectivity index is 2.16. The Morgan fingerprint density at radius 1 is 1.15 bits per heavy atom. The molecule has 20 heavy (non-hydrogen) atoms. The third-order valence-electron chi connectivity index (χ3n) is 5.59. The molecule has 1 nitrogen and oxygen atoms in total. The first-order valence-corrected chi connectivity index (χ1v) is 8.17. The first kappa shape index (κ1) is 15.9. The maximum Gasteiger partial charge on any atom is 0.0438 e. The lowest BCUT2D eigenvalue weighted by molar-refractivity contribution is 0.395. The molecule has 0 aromatic heterocycles. The summed E-state index contributed by atoms with van der Waals surface area (Å²) in [6, 6.07) is 8.76. The van der Waals surface area contributed by atoms with Crippen molar-refractivity contribution in [1.29, 1.82) is 0 Å². The molecule has 1 atom stereocenters. The number of halogens is 1. The van der Waals surface area contributed by atoms with Crippen LogP contribution in [0.3, 0.4) is 0 Å². The van der Waals surface area contributed by atoms with Crippen LogP contribution < -0.4 is 5.32 Å². The summed E-state index contributed by atoms with van der Waals surface area (Å²) >= 11 is 6.34. The summed E-state index contributed by atoms with van der Waals surface area (Å²) in [6.07, 6.45) is 2.20. The van der Waals surface area contributed by atoms with Gasteiger partial charge in [-0.15, -0.1) is 0 Å². The van der Waals surface area contributed by atoms with E-state index in [0.29, 0.717) is 22.8 Å². The fraction of sp³-hybridized carbons (Fsp3) is 0.667. The van der Waals surface area contributed by atoms with E-state index in [9.17, 15) is 0 Å². The van der Waals surface area contributed by atoms with Crippen molar-refractivity contribution in [2.75, 3.05) is 6.54 Å². The van der Waals surface area contributed by atoms with E-state index in [0.717, 1.165) is 18.0 Å². The van der Waals surface area contributed by atoms with Crippen molar-refractivity contribution in [3.05, 3.63) is 34.9 Å². The van der Waals surface area contributed by atoms with Crippen LogP contribution in [0.15, 0.2) is 24.3 Å². The molecule has 0 bridgehead atoms. The van der Waals surface area contributed by atoms with Crippen LogP contribution in [0.2, 0.25) is 5.02 Å². The van der Waals surface area contributed by atoms with E-state index in [1.54, 1.807) is 0 Å². The lowest BCUT2D eigenvalue weighted by Crippen LogP contribution is -2.36. The normalized spacial score (nSPS) is 21.7. The highest BCUT2D eigenvalue weighted by atomic mass is 35.5. The van der Waals surface area contributed by atoms with Crippen LogP contribution in [0.5, 0.6) is 0 Å². The van der Waals surface area contributed by atoms with Crippen LogP contribution in [-0.4, -0.2) is 12.6 Å². The predicted octanol–water partition coefficient (Wildman–Crippen LogP) is 4.93. The predicted molar refractivity (Wildman–Crippen MR) is 88.3 cm³/mol. The van der Waals surface area contributed by atoms with Crippen LogP contribution in [0, 0.1) is 16.7 Å². The molecule has 0 heterocycles. The Morgan fingerprint density at radius 2 is 1.75 bits per heavy atom. The molecule has 0 radical (unpaired) electrons. The van der Waals surface area contributed by atoms with Gasteiger partial charge in [0.2, 0.25) is 0 Å². The van der Waals surface area contributed by atoms with E-state index in [-0.39, 0.29) is 0 Å². The van der Waals surface area contributed by atoms with Gasteiger partial charge in [-0.2, -0.15) is 0 Å². The van der Waals surface area contributed by atoms with Crippen LogP contribution in [0.25, 0.3) is 0 Å². The zero-order chi connectivity index (χ0) is 15.0. The molecular formula is C18H28ClN. The molecule has 112 valence electrons. The van der Waals surface area contributed by atoms with Gasteiger partial charge in [0.25, 0.3) is 0 Å². The lowest BCUT2D eigenvalue weighted by atomic mass is 9.96. The molecule has 1 aromatic rings. The second kappa shape index (κ2) is 5.69. The van der Waals surface area contributed by atoms with Gasteiger partial charge in [-0.1, -0.05) is 64.4 Å². The van der Waals surface area contributed by atoms with E-state index >= 15 is 0 Å². The van der Waals surface area contributed by atoms with Gasteiger partial charge in [0.05, 0.1) is 0 Å². The summed E-state index contributed by atoms with van der Waals surface area (Å²) in [5.74, 6) is 0.706. The minimum absolute atomic E-state index is 0.402. The molecule has 1 aliphatic rings. The molecular weight excluding hydrogens is 266 g/mol. The molecule has 2 rings (SSSR count). The van der Waals surface area contributed by atoms with Crippen molar-refractivity contribution < 1.29 is 0 Å². The smallest absolute Gasteiger partial charge is 0.0438 e. The Hall–Kier alpha value is -0.530. The number of hydrogen-bond donors (Lipinski definition) is 1. The Kier molecular flexibility index (Phi) is 4.51. The maximum atomic E-state index is 6.34. The summed E-state index contributed by atoms with van der Waals surface area (Å²) in [4.78, 5) is 0. The van der Waals surface area contributed by atoms with Gasteiger partial charge >= 0.3 is 0 Å². The maximum absolute atomic E-state index is 6.34. The third kappa shape index (κ3) is 2.76. The quantitative estimate of drug-likeness (QED) is 0.784. The number of nitrogens with one attached hydrogen (secondary N) is 1. The summed E-state index contributed by atoms with van der Waals surface area (Å²) in [5.41, 5.74) is 2.07. The molecule has 1 unspecified atom stereocenters. The Labute approximate surface area is 129 Å². The van der Waals surface area contributed by atoms with E-state index in [1.807, 2.05) is 12.1 Å². The highest BCUT2D eigenvalue weighted by molar-refractivity contribution is 6.31. The Bertz CT molecular complexity index is 450. The second-order valence-corrected chi connectivity index (χ2v) is 7.68. The summed E-state index contributed by atoms with van der Waals surface area (Å²) in [5, 5.41) is 4.66. The molecule has 1 aliphatic carbocycles. The van der Waals surface area contributed by atoms with E-state index in [1.165, 1.54) is 12.0 Å². The first-order chi connectivity index (χ1) is 9.32. The number of hydrogen-bond acceptors (Lipinski definition) is 1. The summed E-state index contributed by atoms with van der Waals surface area (Å²) in [7, 11) is 0. The van der Waals surface area contributed by atoms with Gasteiger partial charge in [-0.3, -0.25) is 0 Å². The van der Waals surface area contributed by atoms with Crippen LogP contribution in [0.1, 0.15) is 46.6 Å². The van der Waals surface area contributed by atoms with Gasteiger partial charge in [-0.05, 0) is 47.8 Å². The van der Waals surface area contributed by atoms with Gasteiger partial charge in [0.15, 0.2) is 0 Å². The molecule has 1 aromatic carbocycles. The van der Waals surface area contributed by atoms with Crippen LogP contribution in [0.4, 0.5) is 0 Å². The fourth-order valence-corrected chi connectivity index (χ4v) is 4.00. The average Bonchev–Trinajstić information content (AvgIpc) is 2.78.